The Balaban J connectivity index is 1.80. The topological polar surface area (TPSA) is 137 Å². The molecular weight excluding hydrogens is 322 g/mol. The van der Waals surface area contributed by atoms with Crippen LogP contribution in [0.1, 0.15) is 12.8 Å². The van der Waals surface area contributed by atoms with Gasteiger partial charge in [-0.3, -0.25) is 14.8 Å². The summed E-state index contributed by atoms with van der Waals surface area (Å²) in [5.41, 5.74) is -1.31. The van der Waals surface area contributed by atoms with Crippen LogP contribution in [-0.2, 0) is 10.0 Å². The zero-order chi connectivity index (χ0) is 16.4. The molecule has 3 heterocycles. The van der Waals surface area contributed by atoms with Crippen LogP contribution >= 0.6 is 0 Å². The lowest BCUT2D eigenvalue weighted by Crippen LogP contribution is -2.27. The smallest absolute Gasteiger partial charge is 0.316 e. The molecular formula is C13H17N5O4S. The minimum absolute atomic E-state index is 0.0208. The fourth-order valence-electron chi connectivity index (χ4n) is 2.62. The molecule has 2 aromatic heterocycles. The van der Waals surface area contributed by atoms with Crippen molar-refractivity contribution in [1.82, 2.24) is 25.0 Å². The molecule has 1 aliphatic rings. The monoisotopic (exact) mass is 339 g/mol. The normalized spacial score (nSPS) is 18.5. The molecule has 0 saturated carbocycles. The first-order chi connectivity index (χ1) is 11.0. The van der Waals surface area contributed by atoms with Gasteiger partial charge in [0.05, 0.1) is 5.39 Å². The summed E-state index contributed by atoms with van der Waals surface area (Å²) < 4.78 is 27.1. The summed E-state index contributed by atoms with van der Waals surface area (Å²) in [4.78, 5) is 31.0. The average Bonchev–Trinajstić information content (AvgIpc) is 2.99. The third-order valence-electron chi connectivity index (χ3n) is 3.88. The summed E-state index contributed by atoms with van der Waals surface area (Å²) in [6.45, 7) is 2.20. The van der Waals surface area contributed by atoms with E-state index in [1.165, 1.54) is 6.07 Å². The van der Waals surface area contributed by atoms with Crippen molar-refractivity contribution >= 4 is 21.1 Å². The third kappa shape index (κ3) is 3.49. The van der Waals surface area contributed by atoms with Gasteiger partial charge >= 0.3 is 5.69 Å². The first-order valence-electron chi connectivity index (χ1n) is 7.28. The molecule has 23 heavy (non-hydrogen) atoms. The van der Waals surface area contributed by atoms with Crippen LogP contribution in [0.5, 0.6) is 0 Å². The standard InChI is InChI=1S/C13H17N5O4S/c19-12-10-5-9(7-15-11(10)17-13(20)18-12)23(21,22)16-4-2-8-1-3-14-6-8/h5,7-8,14,16H,1-4,6H2,(H2,15,17,18,19,20). The Labute approximate surface area is 131 Å². The van der Waals surface area contributed by atoms with Crippen LogP contribution in [0.2, 0.25) is 0 Å². The first-order valence-corrected chi connectivity index (χ1v) is 8.77. The lowest BCUT2D eigenvalue weighted by Gasteiger charge is -2.10. The number of rotatable bonds is 5. The number of fused-ring (bicyclic) bond motifs is 1. The summed E-state index contributed by atoms with van der Waals surface area (Å²) in [7, 11) is -3.75. The van der Waals surface area contributed by atoms with E-state index < -0.39 is 21.3 Å². The number of hydrogen-bond acceptors (Lipinski definition) is 6. The molecule has 3 rings (SSSR count). The van der Waals surface area contributed by atoms with Gasteiger partial charge in [0.25, 0.3) is 5.56 Å². The highest BCUT2D eigenvalue weighted by molar-refractivity contribution is 7.89. The number of pyridine rings is 1. The molecule has 124 valence electrons. The maximum Gasteiger partial charge on any atom is 0.327 e. The number of aromatic nitrogens is 3. The van der Waals surface area contributed by atoms with E-state index >= 15 is 0 Å². The molecule has 0 spiro atoms. The van der Waals surface area contributed by atoms with Gasteiger partial charge in [-0.25, -0.2) is 22.9 Å². The maximum atomic E-state index is 12.3. The van der Waals surface area contributed by atoms with Crippen LogP contribution in [0.4, 0.5) is 0 Å². The Bertz CT molecular complexity index is 927. The summed E-state index contributed by atoms with van der Waals surface area (Å²) in [5, 5.41) is 3.25. The Morgan fingerprint density at radius 3 is 2.87 bits per heavy atom. The predicted octanol–water partition coefficient (Wildman–Crippen LogP) is -1.11. The predicted molar refractivity (Wildman–Crippen MR) is 83.8 cm³/mol. The highest BCUT2D eigenvalue weighted by Crippen LogP contribution is 2.14. The Morgan fingerprint density at radius 2 is 2.13 bits per heavy atom. The molecule has 4 N–H and O–H groups in total. The summed E-state index contributed by atoms with van der Waals surface area (Å²) in [6, 6.07) is 1.20. The van der Waals surface area contributed by atoms with Crippen molar-refractivity contribution in [2.24, 2.45) is 5.92 Å². The molecule has 1 saturated heterocycles. The molecule has 0 bridgehead atoms. The number of hydrogen-bond donors (Lipinski definition) is 4. The number of H-pyrrole nitrogens is 2. The second-order valence-corrected chi connectivity index (χ2v) is 7.29. The molecule has 1 aliphatic heterocycles. The zero-order valence-corrected chi connectivity index (χ0v) is 13.1. The SMILES string of the molecule is O=c1[nH]c(=O)c2cc(S(=O)(=O)NCCC3CCNC3)cnc2[nH]1. The van der Waals surface area contributed by atoms with Gasteiger partial charge < -0.3 is 5.32 Å². The van der Waals surface area contributed by atoms with E-state index in [1.807, 2.05) is 4.98 Å². The molecule has 0 amide bonds. The van der Waals surface area contributed by atoms with Crippen LogP contribution in [0.3, 0.4) is 0 Å². The van der Waals surface area contributed by atoms with Crippen molar-refractivity contribution in [2.75, 3.05) is 19.6 Å². The second-order valence-electron chi connectivity index (χ2n) is 5.52. The van der Waals surface area contributed by atoms with Gasteiger partial charge in [-0.05, 0) is 37.9 Å². The summed E-state index contributed by atoms with van der Waals surface area (Å²) in [6.07, 6.45) is 2.92. The molecule has 2 aromatic rings. The number of sulfonamides is 1. The van der Waals surface area contributed by atoms with E-state index in [0.717, 1.165) is 32.1 Å². The first kappa shape index (κ1) is 15.8. The fraction of sp³-hybridized carbons (Fsp3) is 0.462. The van der Waals surface area contributed by atoms with Crippen molar-refractivity contribution in [3.05, 3.63) is 33.1 Å². The second kappa shape index (κ2) is 6.22. The van der Waals surface area contributed by atoms with E-state index in [0.29, 0.717) is 12.5 Å². The van der Waals surface area contributed by atoms with Gasteiger partial charge in [-0.1, -0.05) is 0 Å². The largest absolute Gasteiger partial charge is 0.327 e. The molecule has 1 fully saturated rings. The Hall–Kier alpha value is -2.04. The van der Waals surface area contributed by atoms with Crippen LogP contribution in [0.25, 0.3) is 11.0 Å². The quantitative estimate of drug-likeness (QED) is 0.545. The minimum Gasteiger partial charge on any atom is -0.316 e. The summed E-state index contributed by atoms with van der Waals surface area (Å²) >= 11 is 0. The fourth-order valence-corrected chi connectivity index (χ4v) is 3.63. The Morgan fingerprint density at radius 1 is 1.30 bits per heavy atom. The van der Waals surface area contributed by atoms with Gasteiger partial charge in [-0.2, -0.15) is 0 Å². The van der Waals surface area contributed by atoms with Crippen molar-refractivity contribution in [3.8, 4) is 0 Å². The lowest BCUT2D eigenvalue weighted by molar-refractivity contribution is 0.519. The van der Waals surface area contributed by atoms with Crippen LogP contribution in [0.15, 0.2) is 26.7 Å². The van der Waals surface area contributed by atoms with Crippen molar-refractivity contribution in [3.63, 3.8) is 0 Å². The van der Waals surface area contributed by atoms with E-state index in [9.17, 15) is 18.0 Å². The molecule has 1 unspecified atom stereocenters. The van der Waals surface area contributed by atoms with E-state index in [2.05, 4.69) is 20.0 Å². The van der Waals surface area contributed by atoms with Crippen LogP contribution in [-0.4, -0.2) is 43.0 Å². The van der Waals surface area contributed by atoms with Crippen molar-refractivity contribution in [1.29, 1.82) is 0 Å². The van der Waals surface area contributed by atoms with Gasteiger partial charge in [-0.15, -0.1) is 0 Å². The van der Waals surface area contributed by atoms with Gasteiger partial charge in [0.15, 0.2) is 0 Å². The molecule has 10 heteroatoms. The maximum absolute atomic E-state index is 12.3. The lowest BCUT2D eigenvalue weighted by atomic mass is 10.1. The van der Waals surface area contributed by atoms with Crippen LogP contribution in [0, 0.1) is 5.92 Å². The summed E-state index contributed by atoms with van der Waals surface area (Å²) in [5.74, 6) is 0.473. The van der Waals surface area contributed by atoms with E-state index in [-0.39, 0.29) is 15.9 Å². The number of nitrogens with zero attached hydrogens (tertiary/aromatic N) is 1. The van der Waals surface area contributed by atoms with Crippen molar-refractivity contribution in [2.45, 2.75) is 17.7 Å². The third-order valence-corrected chi connectivity index (χ3v) is 5.31. The molecule has 9 nitrogen and oxygen atoms in total. The van der Waals surface area contributed by atoms with E-state index in [1.54, 1.807) is 0 Å². The van der Waals surface area contributed by atoms with Gasteiger partial charge in [0, 0.05) is 12.7 Å². The number of aromatic amines is 2. The Kier molecular flexibility index (Phi) is 4.28. The van der Waals surface area contributed by atoms with Crippen LogP contribution < -0.4 is 21.3 Å². The van der Waals surface area contributed by atoms with E-state index in [4.69, 9.17) is 0 Å². The highest BCUT2D eigenvalue weighted by Gasteiger charge is 2.18. The van der Waals surface area contributed by atoms with Gasteiger partial charge in [0.2, 0.25) is 10.0 Å². The molecule has 0 aromatic carbocycles. The highest BCUT2D eigenvalue weighted by atomic mass is 32.2. The molecule has 0 radical (unpaired) electrons. The zero-order valence-electron chi connectivity index (χ0n) is 12.3. The number of nitrogens with one attached hydrogen (secondary N) is 4. The molecule has 1 atom stereocenters. The molecule has 0 aliphatic carbocycles. The average molecular weight is 339 g/mol. The minimum atomic E-state index is -3.75. The van der Waals surface area contributed by atoms with Gasteiger partial charge in [0.1, 0.15) is 10.5 Å². The van der Waals surface area contributed by atoms with Crippen molar-refractivity contribution < 1.29 is 8.42 Å².